The normalized spacial score (nSPS) is 16.2. The van der Waals surface area contributed by atoms with Crippen LogP contribution in [0.5, 0.6) is 0 Å². The number of benzene rings is 1. The minimum absolute atomic E-state index is 0.146. The van der Waals surface area contributed by atoms with Gasteiger partial charge < -0.3 is 4.90 Å². The molecule has 2 aromatic rings. The van der Waals surface area contributed by atoms with Gasteiger partial charge in [-0.25, -0.2) is 15.2 Å². The number of nitrogens with zero attached hydrogens (tertiary/aromatic N) is 3. The molecule has 1 aromatic carbocycles. The van der Waals surface area contributed by atoms with Gasteiger partial charge in [0.05, 0.1) is 5.69 Å². The highest BCUT2D eigenvalue weighted by molar-refractivity contribution is 7.15. The zero-order valence-corrected chi connectivity index (χ0v) is 12.4. The molecule has 0 radical (unpaired) electrons. The second-order valence-electron chi connectivity index (χ2n) is 4.99. The Labute approximate surface area is 127 Å². The average Bonchev–Trinajstić information content (AvgIpc) is 2.96. The number of rotatable bonds is 4. The summed E-state index contributed by atoms with van der Waals surface area (Å²) in [7, 11) is 0. The molecule has 5 nitrogen and oxygen atoms in total. The summed E-state index contributed by atoms with van der Waals surface area (Å²) in [5.74, 6) is 5.19. The van der Waals surface area contributed by atoms with E-state index in [4.69, 9.17) is 5.84 Å². The Kier molecular flexibility index (Phi) is 4.33. The van der Waals surface area contributed by atoms with E-state index in [1.165, 1.54) is 10.9 Å². The van der Waals surface area contributed by atoms with Crippen molar-refractivity contribution in [3.05, 3.63) is 41.2 Å². The van der Waals surface area contributed by atoms with Crippen molar-refractivity contribution < 1.29 is 4.39 Å². The zero-order valence-electron chi connectivity index (χ0n) is 11.6. The van der Waals surface area contributed by atoms with Crippen LogP contribution in [0.15, 0.2) is 30.5 Å². The minimum atomic E-state index is -0.146. The molecule has 1 aliphatic heterocycles. The van der Waals surface area contributed by atoms with Crippen LogP contribution >= 0.6 is 11.3 Å². The molecule has 0 atom stereocenters. The maximum Gasteiger partial charge on any atom is 0.197 e. The first kappa shape index (κ1) is 14.2. The third kappa shape index (κ3) is 3.31. The van der Waals surface area contributed by atoms with E-state index in [2.05, 4.69) is 20.2 Å². The summed E-state index contributed by atoms with van der Waals surface area (Å²) in [4.78, 5) is 9.81. The summed E-state index contributed by atoms with van der Waals surface area (Å²) >= 11 is 1.56. The number of hydrogen-bond donors (Lipinski definition) is 2. The van der Waals surface area contributed by atoms with Gasteiger partial charge in [-0.1, -0.05) is 23.5 Å². The van der Waals surface area contributed by atoms with Gasteiger partial charge in [-0.15, -0.1) is 0 Å². The van der Waals surface area contributed by atoms with E-state index >= 15 is 0 Å². The second-order valence-corrected chi connectivity index (χ2v) is 6.11. The summed E-state index contributed by atoms with van der Waals surface area (Å²) in [6.45, 7) is 4.36. The predicted octanol–water partition coefficient (Wildman–Crippen LogP) is 1.89. The Bertz CT molecular complexity index is 595. The number of thiazole rings is 1. The molecule has 1 saturated heterocycles. The number of anilines is 2. The van der Waals surface area contributed by atoms with Crippen molar-refractivity contribution in [1.82, 2.24) is 9.88 Å². The molecule has 1 aromatic heterocycles. The van der Waals surface area contributed by atoms with Crippen LogP contribution in [0.4, 0.5) is 15.2 Å². The van der Waals surface area contributed by atoms with Crippen molar-refractivity contribution >= 4 is 22.2 Å². The van der Waals surface area contributed by atoms with E-state index < -0.39 is 0 Å². The van der Waals surface area contributed by atoms with Crippen molar-refractivity contribution in [2.75, 3.05) is 36.5 Å². The first-order valence-electron chi connectivity index (χ1n) is 6.89. The van der Waals surface area contributed by atoms with E-state index in [0.29, 0.717) is 5.69 Å². The molecular formula is C14H18FN5S. The highest BCUT2D eigenvalue weighted by atomic mass is 32.1. The minimum Gasteiger partial charge on any atom is -0.367 e. The molecule has 112 valence electrons. The molecule has 0 aliphatic carbocycles. The number of para-hydroxylation sites is 1. The first-order chi connectivity index (χ1) is 10.3. The number of nitrogens with one attached hydrogen (secondary N) is 1. The third-order valence-corrected chi connectivity index (χ3v) is 4.54. The Hall–Kier alpha value is -1.70. The van der Waals surface area contributed by atoms with E-state index in [1.54, 1.807) is 17.4 Å². The lowest BCUT2D eigenvalue weighted by atomic mass is 10.2. The summed E-state index contributed by atoms with van der Waals surface area (Å²) in [6.07, 6.45) is 1.85. The Morgan fingerprint density at radius 3 is 2.67 bits per heavy atom. The van der Waals surface area contributed by atoms with E-state index in [1.807, 2.05) is 18.3 Å². The summed E-state index contributed by atoms with van der Waals surface area (Å²) in [6, 6.07) is 6.96. The Balaban J connectivity index is 1.56. The molecule has 0 spiro atoms. The fourth-order valence-corrected chi connectivity index (χ4v) is 3.29. The van der Waals surface area contributed by atoms with Crippen molar-refractivity contribution in [2.45, 2.75) is 6.54 Å². The maximum absolute atomic E-state index is 13.8. The lowest BCUT2D eigenvalue weighted by Crippen LogP contribution is -2.46. The Morgan fingerprint density at radius 1 is 1.24 bits per heavy atom. The van der Waals surface area contributed by atoms with Gasteiger partial charge in [0.2, 0.25) is 0 Å². The number of nitrogen functional groups attached to an aromatic ring is 1. The molecule has 3 rings (SSSR count). The molecule has 0 saturated carbocycles. The monoisotopic (exact) mass is 307 g/mol. The zero-order chi connectivity index (χ0) is 14.7. The number of hydrogen-bond acceptors (Lipinski definition) is 6. The molecule has 3 N–H and O–H groups in total. The molecule has 21 heavy (non-hydrogen) atoms. The summed E-state index contributed by atoms with van der Waals surface area (Å²) in [5, 5.41) is 0.731. The molecule has 7 heteroatoms. The first-order valence-corrected chi connectivity index (χ1v) is 7.71. The van der Waals surface area contributed by atoms with Gasteiger partial charge in [-0.2, -0.15) is 0 Å². The number of halogens is 1. The molecule has 0 unspecified atom stereocenters. The van der Waals surface area contributed by atoms with Gasteiger partial charge in [-0.05, 0) is 12.1 Å². The largest absolute Gasteiger partial charge is 0.367 e. The quantitative estimate of drug-likeness (QED) is 0.667. The molecular weight excluding hydrogens is 289 g/mol. The SMILES string of the molecule is NNc1ncc(CN2CCN(c3ccccc3F)CC2)s1. The number of nitrogens with two attached hydrogens (primary N) is 1. The van der Waals surface area contributed by atoms with Crippen molar-refractivity contribution in [2.24, 2.45) is 5.84 Å². The number of piperazine rings is 1. The smallest absolute Gasteiger partial charge is 0.197 e. The molecule has 1 fully saturated rings. The van der Waals surface area contributed by atoms with Gasteiger partial charge in [0, 0.05) is 43.8 Å². The van der Waals surface area contributed by atoms with Crippen LogP contribution in [-0.2, 0) is 6.54 Å². The van der Waals surface area contributed by atoms with Crippen LogP contribution in [0, 0.1) is 5.82 Å². The van der Waals surface area contributed by atoms with E-state index in [-0.39, 0.29) is 5.82 Å². The van der Waals surface area contributed by atoms with Crippen LogP contribution in [0.2, 0.25) is 0 Å². The van der Waals surface area contributed by atoms with Gasteiger partial charge in [-0.3, -0.25) is 10.3 Å². The topological polar surface area (TPSA) is 57.4 Å². The van der Waals surface area contributed by atoms with Crippen molar-refractivity contribution in [3.63, 3.8) is 0 Å². The molecule has 2 heterocycles. The molecule has 0 amide bonds. The van der Waals surface area contributed by atoms with Gasteiger partial charge >= 0.3 is 0 Å². The van der Waals surface area contributed by atoms with Gasteiger partial charge in [0.15, 0.2) is 5.13 Å². The fraction of sp³-hybridized carbons (Fsp3) is 0.357. The highest BCUT2D eigenvalue weighted by Crippen LogP contribution is 2.22. The lowest BCUT2D eigenvalue weighted by Gasteiger charge is -2.35. The van der Waals surface area contributed by atoms with Gasteiger partial charge in [0.1, 0.15) is 5.82 Å². The van der Waals surface area contributed by atoms with Crippen LogP contribution in [0.3, 0.4) is 0 Å². The van der Waals surface area contributed by atoms with Crippen LogP contribution in [0.1, 0.15) is 4.88 Å². The van der Waals surface area contributed by atoms with Gasteiger partial charge in [0.25, 0.3) is 0 Å². The van der Waals surface area contributed by atoms with Crippen molar-refractivity contribution in [1.29, 1.82) is 0 Å². The Morgan fingerprint density at radius 2 is 2.00 bits per heavy atom. The van der Waals surface area contributed by atoms with Crippen molar-refractivity contribution in [3.8, 4) is 0 Å². The maximum atomic E-state index is 13.8. The molecule has 0 bridgehead atoms. The van der Waals surface area contributed by atoms with Crippen LogP contribution < -0.4 is 16.2 Å². The van der Waals surface area contributed by atoms with E-state index in [0.717, 1.165) is 37.9 Å². The number of aromatic nitrogens is 1. The van der Waals surface area contributed by atoms with Crippen LogP contribution in [0.25, 0.3) is 0 Å². The predicted molar refractivity (Wildman–Crippen MR) is 83.8 cm³/mol. The standard InChI is InChI=1S/C14H18FN5S/c15-12-3-1-2-4-13(12)20-7-5-19(6-8-20)10-11-9-17-14(18-16)21-11/h1-4,9H,5-8,10,16H2,(H,17,18). The molecule has 1 aliphatic rings. The fourth-order valence-electron chi connectivity index (χ4n) is 2.52. The highest BCUT2D eigenvalue weighted by Gasteiger charge is 2.19. The third-order valence-electron chi connectivity index (χ3n) is 3.62. The summed E-state index contributed by atoms with van der Waals surface area (Å²) < 4.78 is 13.8. The second kappa shape index (κ2) is 6.38. The van der Waals surface area contributed by atoms with E-state index in [9.17, 15) is 4.39 Å². The summed E-state index contributed by atoms with van der Waals surface area (Å²) in [5.41, 5.74) is 3.26. The average molecular weight is 307 g/mol. The number of hydrazine groups is 1. The lowest BCUT2D eigenvalue weighted by molar-refractivity contribution is 0.251. The van der Waals surface area contributed by atoms with Crippen LogP contribution in [-0.4, -0.2) is 36.1 Å².